The molecule has 2 aromatic carbocycles. The Morgan fingerprint density at radius 2 is 1.48 bits per heavy atom. The fourth-order valence-electron chi connectivity index (χ4n) is 6.61. The molecular formula is C39H59N5O4. The largest absolute Gasteiger partial charge is 0.350 e. The van der Waals surface area contributed by atoms with Gasteiger partial charge in [0.05, 0.1) is 0 Å². The van der Waals surface area contributed by atoms with Crippen molar-refractivity contribution < 1.29 is 19.2 Å². The van der Waals surface area contributed by atoms with Crippen LogP contribution < -0.4 is 21.7 Å². The quantitative estimate of drug-likeness (QED) is 0.160. The molecule has 5 N–H and O–H groups in total. The van der Waals surface area contributed by atoms with E-state index in [0.29, 0.717) is 43.1 Å². The Morgan fingerprint density at radius 1 is 0.833 bits per heavy atom. The molecule has 0 bridgehead atoms. The Labute approximate surface area is 288 Å². The Hall–Kier alpha value is -3.72. The van der Waals surface area contributed by atoms with Crippen molar-refractivity contribution in [3.63, 3.8) is 0 Å². The zero-order valence-corrected chi connectivity index (χ0v) is 29.8. The zero-order valence-electron chi connectivity index (χ0n) is 29.8. The van der Waals surface area contributed by atoms with Gasteiger partial charge in [-0.1, -0.05) is 103 Å². The van der Waals surface area contributed by atoms with Crippen molar-refractivity contribution >= 4 is 23.6 Å². The van der Waals surface area contributed by atoms with Crippen molar-refractivity contribution in [1.29, 1.82) is 0 Å². The zero-order chi connectivity index (χ0) is 35.1. The lowest BCUT2D eigenvalue weighted by atomic mass is 9.82. The van der Waals surface area contributed by atoms with Crippen molar-refractivity contribution in [3.8, 4) is 0 Å². The van der Waals surface area contributed by atoms with Gasteiger partial charge in [0.2, 0.25) is 11.8 Å². The van der Waals surface area contributed by atoms with E-state index in [1.165, 1.54) is 19.3 Å². The molecule has 4 amide bonds. The standard InChI is InChI=1S/C39H59N5O4/c1-6-21-44(22-7-2)39(48)32-20-14-19-31(25-32)37(46)42-34(24-29-15-10-8-11-16-29)33(40)23-28(5)36(45)43-35(27(3)4)38(47)41-26-30-17-12-9-13-18-30/h9,12-14,17-20,25,27-29,33-35H,6-8,10-11,15-16,21-24,26,40H2,1-5H3,(H,41,47)(H,42,46)(H,43,45). The highest BCUT2D eigenvalue weighted by Gasteiger charge is 2.31. The molecule has 9 heteroatoms. The van der Waals surface area contributed by atoms with Crippen LogP contribution in [0, 0.1) is 17.8 Å². The Morgan fingerprint density at radius 3 is 2.10 bits per heavy atom. The van der Waals surface area contributed by atoms with Crippen molar-refractivity contribution in [2.45, 2.75) is 117 Å². The molecule has 0 radical (unpaired) electrons. The van der Waals surface area contributed by atoms with Crippen molar-refractivity contribution in [2.75, 3.05) is 13.1 Å². The first kappa shape index (κ1) is 38.7. The summed E-state index contributed by atoms with van der Waals surface area (Å²) in [5, 5.41) is 9.10. The molecule has 0 spiro atoms. The predicted octanol–water partition coefficient (Wildman–Crippen LogP) is 5.83. The molecule has 48 heavy (non-hydrogen) atoms. The van der Waals surface area contributed by atoms with Crippen LogP contribution in [0.3, 0.4) is 0 Å². The Kier molecular flexibility index (Phi) is 16.1. The van der Waals surface area contributed by atoms with Crippen LogP contribution in [-0.2, 0) is 16.1 Å². The van der Waals surface area contributed by atoms with Crippen molar-refractivity contribution in [2.24, 2.45) is 23.5 Å². The average molecular weight is 662 g/mol. The molecule has 264 valence electrons. The maximum Gasteiger partial charge on any atom is 0.253 e. The third-order valence-electron chi connectivity index (χ3n) is 9.42. The third kappa shape index (κ3) is 12.1. The Balaban J connectivity index is 1.69. The lowest BCUT2D eigenvalue weighted by molar-refractivity contribution is -0.132. The topological polar surface area (TPSA) is 134 Å². The van der Waals surface area contributed by atoms with Gasteiger partial charge in [-0.15, -0.1) is 0 Å². The van der Waals surface area contributed by atoms with Gasteiger partial charge < -0.3 is 26.6 Å². The van der Waals surface area contributed by atoms with Gasteiger partial charge in [-0.25, -0.2) is 0 Å². The third-order valence-corrected chi connectivity index (χ3v) is 9.42. The molecule has 1 aliphatic carbocycles. The molecular weight excluding hydrogens is 602 g/mol. The summed E-state index contributed by atoms with van der Waals surface area (Å²) in [5.74, 6) is -0.948. The summed E-state index contributed by atoms with van der Waals surface area (Å²) < 4.78 is 0. The fourth-order valence-corrected chi connectivity index (χ4v) is 6.61. The first-order valence-electron chi connectivity index (χ1n) is 18.1. The summed E-state index contributed by atoms with van der Waals surface area (Å²) in [6.45, 7) is 11.5. The number of benzene rings is 2. The van der Waals surface area contributed by atoms with E-state index in [4.69, 9.17) is 5.73 Å². The highest BCUT2D eigenvalue weighted by Crippen LogP contribution is 2.29. The summed E-state index contributed by atoms with van der Waals surface area (Å²) in [4.78, 5) is 55.2. The molecule has 0 saturated heterocycles. The molecule has 0 heterocycles. The number of nitrogens with one attached hydrogen (secondary N) is 3. The minimum absolute atomic E-state index is 0.0721. The second-order valence-corrected chi connectivity index (χ2v) is 13.9. The average Bonchev–Trinajstić information content (AvgIpc) is 3.09. The van der Waals surface area contributed by atoms with Gasteiger partial charge in [-0.2, -0.15) is 0 Å². The summed E-state index contributed by atoms with van der Waals surface area (Å²) in [5.41, 5.74) is 8.71. The lowest BCUT2D eigenvalue weighted by Crippen LogP contribution is -2.53. The van der Waals surface area contributed by atoms with E-state index < -0.39 is 18.0 Å². The van der Waals surface area contributed by atoms with Gasteiger partial charge in [-0.3, -0.25) is 19.2 Å². The van der Waals surface area contributed by atoms with Gasteiger partial charge in [0, 0.05) is 48.8 Å². The molecule has 3 rings (SSSR count). The van der Waals surface area contributed by atoms with E-state index in [1.54, 1.807) is 24.3 Å². The molecule has 9 nitrogen and oxygen atoms in total. The molecule has 0 aliphatic heterocycles. The predicted molar refractivity (Wildman–Crippen MR) is 192 cm³/mol. The maximum atomic E-state index is 13.7. The van der Waals surface area contributed by atoms with Gasteiger partial charge in [-0.05, 0) is 61.3 Å². The number of hydrogen-bond acceptors (Lipinski definition) is 5. The van der Waals surface area contributed by atoms with Gasteiger partial charge in [0.25, 0.3) is 11.8 Å². The second kappa shape index (κ2) is 19.9. The normalized spacial score (nSPS) is 16.0. The van der Waals surface area contributed by atoms with Crippen LogP contribution in [0.15, 0.2) is 54.6 Å². The number of nitrogens with zero attached hydrogens (tertiary/aromatic N) is 1. The van der Waals surface area contributed by atoms with E-state index >= 15 is 0 Å². The number of amides is 4. The van der Waals surface area contributed by atoms with E-state index in [-0.39, 0.29) is 35.6 Å². The number of carbonyl (C=O) groups is 4. The van der Waals surface area contributed by atoms with Crippen molar-refractivity contribution in [1.82, 2.24) is 20.9 Å². The molecule has 1 saturated carbocycles. The summed E-state index contributed by atoms with van der Waals surface area (Å²) >= 11 is 0. The van der Waals surface area contributed by atoms with Crippen LogP contribution in [0.25, 0.3) is 0 Å². The lowest BCUT2D eigenvalue weighted by Gasteiger charge is -2.32. The van der Waals surface area contributed by atoms with Gasteiger partial charge in [0.1, 0.15) is 6.04 Å². The van der Waals surface area contributed by atoms with Crippen LogP contribution >= 0.6 is 0 Å². The molecule has 4 atom stereocenters. The van der Waals surface area contributed by atoms with Gasteiger partial charge in [0.15, 0.2) is 0 Å². The van der Waals surface area contributed by atoms with E-state index in [1.807, 2.05) is 69.9 Å². The second-order valence-electron chi connectivity index (χ2n) is 13.9. The van der Waals surface area contributed by atoms with Crippen LogP contribution in [0.5, 0.6) is 0 Å². The number of rotatable bonds is 18. The minimum Gasteiger partial charge on any atom is -0.350 e. The molecule has 2 aromatic rings. The fraction of sp³-hybridized carbons (Fsp3) is 0.590. The van der Waals surface area contributed by atoms with Gasteiger partial charge >= 0.3 is 0 Å². The van der Waals surface area contributed by atoms with Crippen LogP contribution in [0.4, 0.5) is 0 Å². The summed E-state index contributed by atoms with van der Waals surface area (Å²) in [6.07, 6.45) is 8.55. The Bertz CT molecular complexity index is 1300. The highest BCUT2D eigenvalue weighted by atomic mass is 16.2. The number of hydrogen-bond donors (Lipinski definition) is 4. The molecule has 4 unspecified atom stereocenters. The van der Waals surface area contributed by atoms with Crippen LogP contribution in [0.1, 0.15) is 119 Å². The number of carbonyl (C=O) groups excluding carboxylic acids is 4. The molecule has 1 fully saturated rings. The maximum absolute atomic E-state index is 13.7. The monoisotopic (exact) mass is 661 g/mol. The first-order valence-corrected chi connectivity index (χ1v) is 18.1. The van der Waals surface area contributed by atoms with Crippen LogP contribution in [0.2, 0.25) is 0 Å². The van der Waals surface area contributed by atoms with E-state index in [2.05, 4.69) is 16.0 Å². The smallest absolute Gasteiger partial charge is 0.253 e. The SMILES string of the molecule is CCCN(CCC)C(=O)c1cccc(C(=O)NC(CC2CCCCC2)C(N)CC(C)C(=O)NC(C(=O)NCc2ccccc2)C(C)C)c1. The molecule has 1 aliphatic rings. The minimum atomic E-state index is -0.682. The summed E-state index contributed by atoms with van der Waals surface area (Å²) in [7, 11) is 0. The highest BCUT2D eigenvalue weighted by molar-refractivity contribution is 5.99. The summed E-state index contributed by atoms with van der Waals surface area (Å²) in [6, 6.07) is 15.1. The molecule has 0 aromatic heterocycles. The van der Waals surface area contributed by atoms with E-state index in [9.17, 15) is 19.2 Å². The number of nitrogens with two attached hydrogens (primary N) is 1. The van der Waals surface area contributed by atoms with Crippen molar-refractivity contribution in [3.05, 3.63) is 71.3 Å². The first-order chi connectivity index (χ1) is 23.0. The van der Waals surface area contributed by atoms with E-state index in [0.717, 1.165) is 37.7 Å². The van der Waals surface area contributed by atoms with Crippen LogP contribution in [-0.4, -0.2) is 59.7 Å².